The molecule has 0 saturated carbocycles. The van der Waals surface area contributed by atoms with Gasteiger partial charge in [0.2, 0.25) is 11.0 Å². The zero-order valence-electron chi connectivity index (χ0n) is 16.1. The number of rotatable bonds is 5. The fourth-order valence-electron chi connectivity index (χ4n) is 3.32. The van der Waals surface area contributed by atoms with Gasteiger partial charge in [0.15, 0.2) is 0 Å². The van der Waals surface area contributed by atoms with E-state index in [-0.39, 0.29) is 17.6 Å². The van der Waals surface area contributed by atoms with Crippen LogP contribution in [0.3, 0.4) is 0 Å². The summed E-state index contributed by atoms with van der Waals surface area (Å²) in [4.78, 5) is 18.9. The molecule has 0 unspecified atom stereocenters. The topological polar surface area (TPSA) is 71.0 Å². The molecular weight excluding hydrogens is 389 g/mol. The molecule has 0 atom stereocenters. The molecule has 3 aromatic rings. The third kappa shape index (κ3) is 4.95. The molecule has 1 aliphatic rings. The smallest absolute Gasteiger partial charge is 0.228 e. The fraction of sp³-hybridized carbons (Fsp3) is 0.333. The maximum absolute atomic E-state index is 13.0. The van der Waals surface area contributed by atoms with E-state index in [1.54, 1.807) is 29.7 Å². The maximum atomic E-state index is 13.0. The molecule has 1 aromatic carbocycles. The second-order valence-corrected chi connectivity index (χ2v) is 8.29. The van der Waals surface area contributed by atoms with E-state index in [9.17, 15) is 9.18 Å². The molecule has 3 heterocycles. The summed E-state index contributed by atoms with van der Waals surface area (Å²) in [6, 6.07) is 10.2. The number of pyridine rings is 1. The number of carbonyl (C=O) groups excluding carboxylic acids is 1. The minimum atomic E-state index is -0.239. The number of hydrogen-bond acceptors (Lipinski definition) is 6. The van der Waals surface area contributed by atoms with Crippen LogP contribution in [0.4, 0.5) is 15.3 Å². The minimum Gasteiger partial charge on any atom is -0.347 e. The molecule has 29 heavy (non-hydrogen) atoms. The second-order valence-electron chi connectivity index (χ2n) is 7.25. The van der Waals surface area contributed by atoms with E-state index in [4.69, 9.17) is 0 Å². The SMILES string of the molecule is Cc1ccc(NC(=O)C2CCN(c3nnc(Cc4ccc(F)cc4)s3)CC2)nc1. The van der Waals surface area contributed by atoms with Crippen LogP contribution in [-0.4, -0.2) is 34.2 Å². The Kier molecular flexibility index (Phi) is 5.80. The Bertz CT molecular complexity index is 965. The third-order valence-corrected chi connectivity index (χ3v) is 6.01. The first kappa shape index (κ1) is 19.4. The Hall–Kier alpha value is -2.87. The van der Waals surface area contributed by atoms with Gasteiger partial charge in [-0.25, -0.2) is 9.37 Å². The zero-order chi connectivity index (χ0) is 20.2. The first-order chi connectivity index (χ1) is 14.1. The van der Waals surface area contributed by atoms with Gasteiger partial charge >= 0.3 is 0 Å². The van der Waals surface area contributed by atoms with E-state index >= 15 is 0 Å². The highest BCUT2D eigenvalue weighted by atomic mass is 32.1. The Morgan fingerprint density at radius 3 is 2.62 bits per heavy atom. The van der Waals surface area contributed by atoms with Crippen LogP contribution < -0.4 is 10.2 Å². The van der Waals surface area contributed by atoms with Crippen molar-refractivity contribution < 1.29 is 9.18 Å². The predicted octanol–water partition coefficient (Wildman–Crippen LogP) is 3.83. The summed E-state index contributed by atoms with van der Waals surface area (Å²) in [7, 11) is 0. The number of amides is 1. The lowest BCUT2D eigenvalue weighted by molar-refractivity contribution is -0.120. The number of nitrogens with one attached hydrogen (secondary N) is 1. The minimum absolute atomic E-state index is 0.0234. The summed E-state index contributed by atoms with van der Waals surface area (Å²) in [5.74, 6) is 0.352. The first-order valence-corrected chi connectivity index (χ1v) is 10.4. The quantitative estimate of drug-likeness (QED) is 0.691. The fourth-order valence-corrected chi connectivity index (χ4v) is 4.25. The van der Waals surface area contributed by atoms with Crippen molar-refractivity contribution in [2.24, 2.45) is 5.92 Å². The van der Waals surface area contributed by atoms with Gasteiger partial charge in [0, 0.05) is 31.6 Å². The number of piperidine rings is 1. The van der Waals surface area contributed by atoms with Crippen molar-refractivity contribution in [1.29, 1.82) is 0 Å². The van der Waals surface area contributed by atoms with Gasteiger partial charge in [-0.2, -0.15) is 0 Å². The third-order valence-electron chi connectivity index (χ3n) is 5.02. The van der Waals surface area contributed by atoms with Crippen molar-refractivity contribution in [3.8, 4) is 0 Å². The van der Waals surface area contributed by atoms with Crippen molar-refractivity contribution in [3.05, 3.63) is 64.5 Å². The van der Waals surface area contributed by atoms with Crippen LogP contribution in [0.5, 0.6) is 0 Å². The number of carbonyl (C=O) groups is 1. The molecule has 4 rings (SSSR count). The number of hydrogen-bond donors (Lipinski definition) is 1. The normalized spacial score (nSPS) is 14.8. The van der Waals surface area contributed by atoms with Crippen LogP contribution in [0.25, 0.3) is 0 Å². The summed E-state index contributed by atoms with van der Waals surface area (Å²) in [5, 5.41) is 13.3. The molecule has 8 heteroatoms. The van der Waals surface area contributed by atoms with Crippen LogP contribution >= 0.6 is 11.3 Å². The molecule has 0 radical (unpaired) electrons. The molecule has 1 amide bonds. The molecule has 1 N–H and O–H groups in total. The number of nitrogens with zero attached hydrogens (tertiary/aromatic N) is 4. The molecular formula is C21H22FN5OS. The van der Waals surface area contributed by atoms with Crippen LogP contribution in [0.2, 0.25) is 0 Å². The number of benzene rings is 1. The van der Waals surface area contributed by atoms with Crippen molar-refractivity contribution in [3.63, 3.8) is 0 Å². The molecule has 0 bridgehead atoms. The largest absolute Gasteiger partial charge is 0.347 e. The molecule has 1 fully saturated rings. The van der Waals surface area contributed by atoms with Gasteiger partial charge in [0.25, 0.3) is 0 Å². The monoisotopic (exact) mass is 411 g/mol. The molecule has 6 nitrogen and oxygen atoms in total. The standard InChI is InChI=1S/C21H22FN5OS/c1-14-2-7-18(23-13-14)24-20(28)16-8-10-27(11-9-16)21-26-25-19(29-21)12-15-3-5-17(22)6-4-15/h2-7,13,16H,8-12H2,1H3,(H,23,24,28). The van der Waals surface area contributed by atoms with Crippen molar-refractivity contribution >= 4 is 28.2 Å². The van der Waals surface area contributed by atoms with Gasteiger partial charge in [-0.15, -0.1) is 10.2 Å². The highest BCUT2D eigenvalue weighted by Gasteiger charge is 2.27. The lowest BCUT2D eigenvalue weighted by Gasteiger charge is -2.30. The predicted molar refractivity (Wildman–Crippen MR) is 112 cm³/mol. The van der Waals surface area contributed by atoms with Crippen molar-refractivity contribution in [2.45, 2.75) is 26.2 Å². The Balaban J connectivity index is 1.30. The Labute approximate surface area is 172 Å². The number of aromatic nitrogens is 3. The Morgan fingerprint density at radius 2 is 1.93 bits per heavy atom. The summed E-state index contributed by atoms with van der Waals surface area (Å²) >= 11 is 1.55. The second kappa shape index (κ2) is 8.65. The van der Waals surface area contributed by atoms with E-state index in [0.717, 1.165) is 47.2 Å². The van der Waals surface area contributed by atoms with Gasteiger partial charge < -0.3 is 10.2 Å². The lowest BCUT2D eigenvalue weighted by atomic mass is 9.96. The molecule has 1 aliphatic heterocycles. The average molecular weight is 412 g/mol. The van der Waals surface area contributed by atoms with Crippen molar-refractivity contribution in [2.75, 3.05) is 23.3 Å². The van der Waals surface area contributed by atoms with Crippen LogP contribution in [0.1, 0.15) is 29.0 Å². The lowest BCUT2D eigenvalue weighted by Crippen LogP contribution is -2.38. The number of anilines is 2. The summed E-state index contributed by atoms with van der Waals surface area (Å²) in [5.41, 5.74) is 2.07. The molecule has 150 valence electrons. The average Bonchev–Trinajstić information content (AvgIpc) is 3.20. The van der Waals surface area contributed by atoms with Gasteiger partial charge in [-0.3, -0.25) is 4.79 Å². The van der Waals surface area contributed by atoms with E-state index < -0.39 is 0 Å². The van der Waals surface area contributed by atoms with E-state index in [0.29, 0.717) is 12.2 Å². The van der Waals surface area contributed by atoms with E-state index in [2.05, 4.69) is 25.4 Å². The van der Waals surface area contributed by atoms with Crippen LogP contribution in [-0.2, 0) is 11.2 Å². The van der Waals surface area contributed by atoms with Crippen LogP contribution in [0, 0.1) is 18.7 Å². The summed E-state index contributed by atoms with van der Waals surface area (Å²) in [6.45, 7) is 3.50. The maximum Gasteiger partial charge on any atom is 0.228 e. The van der Waals surface area contributed by atoms with Gasteiger partial charge in [-0.05, 0) is 49.1 Å². The van der Waals surface area contributed by atoms with Crippen LogP contribution in [0.15, 0.2) is 42.6 Å². The summed E-state index contributed by atoms with van der Waals surface area (Å²) in [6.07, 6.45) is 3.92. The zero-order valence-corrected chi connectivity index (χ0v) is 17.0. The van der Waals surface area contributed by atoms with Crippen molar-refractivity contribution in [1.82, 2.24) is 15.2 Å². The molecule has 2 aromatic heterocycles. The number of halogens is 1. The van der Waals surface area contributed by atoms with Gasteiger partial charge in [0.05, 0.1) is 0 Å². The van der Waals surface area contributed by atoms with Gasteiger partial charge in [0.1, 0.15) is 16.6 Å². The van der Waals surface area contributed by atoms with E-state index in [1.165, 1.54) is 12.1 Å². The Morgan fingerprint density at radius 1 is 1.17 bits per heavy atom. The highest BCUT2D eigenvalue weighted by Crippen LogP contribution is 2.27. The molecule has 0 spiro atoms. The summed E-state index contributed by atoms with van der Waals surface area (Å²) < 4.78 is 13.0. The highest BCUT2D eigenvalue weighted by molar-refractivity contribution is 7.15. The molecule has 0 aliphatic carbocycles. The van der Waals surface area contributed by atoms with E-state index in [1.807, 2.05) is 19.1 Å². The molecule has 1 saturated heterocycles. The number of aryl methyl sites for hydroxylation is 1. The van der Waals surface area contributed by atoms with Gasteiger partial charge in [-0.1, -0.05) is 29.5 Å². The first-order valence-electron chi connectivity index (χ1n) is 9.62.